The molecule has 0 radical (unpaired) electrons. The van der Waals surface area contributed by atoms with Gasteiger partial charge in [-0.1, -0.05) is 26.3 Å². The first-order valence-electron chi connectivity index (χ1n) is 2.96. The second kappa shape index (κ2) is 2.69. The topological polar surface area (TPSA) is 17.1 Å². The Labute approximate surface area is 78.8 Å². The van der Waals surface area contributed by atoms with Gasteiger partial charge in [0.2, 0.25) is 0 Å². The lowest BCUT2D eigenvalue weighted by Gasteiger charge is -1.86. The molecule has 0 amide bonds. The molecule has 0 aliphatic rings. The first kappa shape index (κ1) is 7.46. The van der Waals surface area contributed by atoms with Gasteiger partial charge in [0.15, 0.2) is 0 Å². The number of benzene rings is 1. The highest BCUT2D eigenvalue weighted by Gasteiger charge is 2.00. The molecule has 0 saturated carbocycles. The van der Waals surface area contributed by atoms with E-state index in [4.69, 9.17) is 0 Å². The summed E-state index contributed by atoms with van der Waals surface area (Å²) in [6.07, 6.45) is 0. The fourth-order valence-electron chi connectivity index (χ4n) is 0.862. The van der Waals surface area contributed by atoms with Gasteiger partial charge in [0.25, 0.3) is 4.74 Å². The smallest absolute Gasteiger partial charge is 0.250 e. The molecule has 0 fully saturated rings. The third kappa shape index (κ3) is 1.26. The lowest BCUT2D eigenvalue weighted by Crippen LogP contribution is -1.86. The molecule has 0 N–H and O–H groups in total. The second-order valence-electron chi connectivity index (χ2n) is 2.09. The molecule has 11 heavy (non-hydrogen) atoms. The summed E-state index contributed by atoms with van der Waals surface area (Å²) in [6.45, 7) is 0. The fraction of sp³-hybridized carbons (Fsp3) is 0. The van der Waals surface area contributed by atoms with Gasteiger partial charge in [0, 0.05) is 9.17 Å². The van der Waals surface area contributed by atoms with Crippen LogP contribution >= 0.6 is 36.6 Å². The molecule has 0 aliphatic heterocycles. The first-order chi connectivity index (χ1) is 5.27. The van der Waals surface area contributed by atoms with Gasteiger partial charge in [-0.25, -0.2) is 0 Å². The van der Waals surface area contributed by atoms with Crippen LogP contribution in [0.25, 0.3) is 10.1 Å². The Morgan fingerprint density at radius 1 is 1.27 bits per heavy atom. The summed E-state index contributed by atoms with van der Waals surface area (Å²) in [5.41, 5.74) is 0. The summed E-state index contributed by atoms with van der Waals surface area (Å²) >= 11 is 3.32. The highest BCUT2D eigenvalue weighted by molar-refractivity contribution is 9.10. The van der Waals surface area contributed by atoms with Crippen molar-refractivity contribution in [3.8, 4) is 0 Å². The number of hydrogen-bond donors (Lipinski definition) is 0. The maximum atomic E-state index is 11.1. The Balaban J connectivity index is 2.99. The zero-order chi connectivity index (χ0) is 7.84. The van der Waals surface area contributed by atoms with Gasteiger partial charge >= 0.3 is 0 Å². The first-order valence-corrected chi connectivity index (χ1v) is 5.90. The number of fused-ring (bicyclic) bond motifs is 1. The van der Waals surface area contributed by atoms with Crippen molar-refractivity contribution in [2.75, 3.05) is 0 Å². The minimum Gasteiger partial charge on any atom is -0.276 e. The van der Waals surface area contributed by atoms with E-state index in [0.717, 1.165) is 14.6 Å². The van der Waals surface area contributed by atoms with Crippen molar-refractivity contribution in [2.24, 2.45) is 0 Å². The molecule has 0 atom stereocenters. The van der Waals surface area contributed by atoms with Crippen molar-refractivity contribution in [3.63, 3.8) is 0 Å². The third-order valence-corrected chi connectivity index (χ3v) is 4.09. The summed E-state index contributed by atoms with van der Waals surface area (Å²) in [5, 5.41) is 0.828. The highest BCUT2D eigenvalue weighted by Crippen LogP contribution is 2.23. The zero-order valence-corrected chi connectivity index (χ0v) is 8.55. The lowest BCUT2D eigenvalue weighted by molar-refractivity contribution is 1.75. The summed E-state index contributed by atoms with van der Waals surface area (Å²) in [4.78, 5) is 11.1. The molecule has 56 valence electrons. The predicted octanol–water partition coefficient (Wildman–Crippen LogP) is 3.09. The maximum Gasteiger partial charge on any atom is 0.250 e. The van der Waals surface area contributed by atoms with Crippen LogP contribution in [-0.4, -0.2) is 0 Å². The molecule has 0 spiro atoms. The Hall–Kier alpha value is -0.190. The van der Waals surface area contributed by atoms with Crippen molar-refractivity contribution in [1.29, 1.82) is 0 Å². The standard InChI is InChI=1S/C7H3BrOS2/c8-4-1-2-6-5(3-4)7(9)11-10-6/h1-3H. The molecule has 0 aliphatic carbocycles. The van der Waals surface area contributed by atoms with Gasteiger partial charge in [-0.15, -0.1) is 0 Å². The molecular formula is C7H3BrOS2. The van der Waals surface area contributed by atoms with Crippen molar-refractivity contribution >= 4 is 46.7 Å². The van der Waals surface area contributed by atoms with E-state index in [1.165, 1.54) is 20.7 Å². The van der Waals surface area contributed by atoms with Gasteiger partial charge in [0.05, 0.1) is 5.39 Å². The Morgan fingerprint density at radius 2 is 2.09 bits per heavy atom. The van der Waals surface area contributed by atoms with Gasteiger partial charge < -0.3 is 0 Å². The average molecular weight is 247 g/mol. The van der Waals surface area contributed by atoms with Gasteiger partial charge in [-0.2, -0.15) is 0 Å². The number of rotatable bonds is 0. The molecule has 1 nitrogen and oxygen atoms in total. The molecule has 1 heterocycles. The third-order valence-electron chi connectivity index (χ3n) is 1.37. The number of hydrogen-bond acceptors (Lipinski definition) is 3. The second-order valence-corrected chi connectivity index (χ2v) is 5.15. The Morgan fingerprint density at radius 3 is 2.91 bits per heavy atom. The van der Waals surface area contributed by atoms with E-state index in [2.05, 4.69) is 15.9 Å². The normalized spacial score (nSPS) is 10.6. The van der Waals surface area contributed by atoms with E-state index in [1.807, 2.05) is 18.2 Å². The van der Waals surface area contributed by atoms with Gasteiger partial charge in [0.1, 0.15) is 0 Å². The van der Waals surface area contributed by atoms with E-state index in [9.17, 15) is 4.79 Å². The van der Waals surface area contributed by atoms with Gasteiger partial charge in [-0.05, 0) is 28.5 Å². The molecule has 1 aromatic heterocycles. The molecule has 2 aromatic rings. The molecule has 4 heteroatoms. The molecule has 0 saturated heterocycles. The van der Waals surface area contributed by atoms with Crippen LogP contribution < -0.4 is 4.74 Å². The Bertz CT molecular complexity index is 443. The van der Waals surface area contributed by atoms with E-state index in [1.54, 1.807) is 0 Å². The lowest BCUT2D eigenvalue weighted by atomic mass is 10.3. The van der Waals surface area contributed by atoms with E-state index < -0.39 is 0 Å². The quantitative estimate of drug-likeness (QED) is 0.654. The van der Waals surface area contributed by atoms with Crippen molar-refractivity contribution in [2.45, 2.75) is 0 Å². The van der Waals surface area contributed by atoms with Crippen LogP contribution in [0.1, 0.15) is 0 Å². The van der Waals surface area contributed by atoms with E-state index >= 15 is 0 Å². The predicted molar refractivity (Wildman–Crippen MR) is 53.7 cm³/mol. The van der Waals surface area contributed by atoms with Crippen molar-refractivity contribution in [1.82, 2.24) is 0 Å². The van der Waals surface area contributed by atoms with Crippen LogP contribution in [-0.2, 0) is 0 Å². The van der Waals surface area contributed by atoms with Crippen LogP contribution in [0, 0.1) is 0 Å². The van der Waals surface area contributed by atoms with E-state index in [0.29, 0.717) is 0 Å². The summed E-state index contributed by atoms with van der Waals surface area (Å²) in [5.74, 6) is 0. The molecule has 1 aromatic carbocycles. The minimum absolute atomic E-state index is 0.159. The van der Waals surface area contributed by atoms with Crippen LogP contribution in [0.4, 0.5) is 0 Å². The van der Waals surface area contributed by atoms with Crippen LogP contribution in [0.15, 0.2) is 27.5 Å². The minimum atomic E-state index is 0.159. The summed E-state index contributed by atoms with van der Waals surface area (Å²) in [6, 6.07) is 5.78. The summed E-state index contributed by atoms with van der Waals surface area (Å²) < 4.78 is 2.20. The van der Waals surface area contributed by atoms with Crippen molar-refractivity contribution < 1.29 is 0 Å². The molecule has 0 unspecified atom stereocenters. The van der Waals surface area contributed by atoms with Crippen LogP contribution in [0.2, 0.25) is 0 Å². The largest absolute Gasteiger partial charge is 0.276 e. The molecule has 0 bridgehead atoms. The van der Waals surface area contributed by atoms with Gasteiger partial charge in [-0.3, -0.25) is 4.79 Å². The maximum absolute atomic E-state index is 11.1. The highest BCUT2D eigenvalue weighted by atomic mass is 79.9. The van der Waals surface area contributed by atoms with Crippen LogP contribution in [0.5, 0.6) is 0 Å². The SMILES string of the molecule is O=c1ssc2ccc(Br)cc12. The van der Waals surface area contributed by atoms with Crippen LogP contribution in [0.3, 0.4) is 0 Å². The zero-order valence-electron chi connectivity index (χ0n) is 5.33. The summed E-state index contributed by atoms with van der Waals surface area (Å²) in [7, 11) is 2.82. The fourth-order valence-corrected chi connectivity index (χ4v) is 3.28. The average Bonchev–Trinajstić information content (AvgIpc) is 2.33. The molecule has 2 rings (SSSR count). The van der Waals surface area contributed by atoms with E-state index in [-0.39, 0.29) is 4.74 Å². The van der Waals surface area contributed by atoms with Crippen molar-refractivity contribution in [3.05, 3.63) is 32.2 Å². The molecular weight excluding hydrogens is 244 g/mol. The monoisotopic (exact) mass is 246 g/mol. The Kier molecular flexibility index (Phi) is 1.83. The number of halogens is 1.